The topological polar surface area (TPSA) is 67.1 Å². The van der Waals surface area contributed by atoms with Crippen molar-refractivity contribution in [3.05, 3.63) is 30.1 Å². The molecular formula is C18H26ClN5. The van der Waals surface area contributed by atoms with E-state index in [2.05, 4.69) is 20.2 Å². The Morgan fingerprint density at radius 3 is 2.58 bits per heavy atom. The predicted octanol–water partition coefficient (Wildman–Crippen LogP) is 2.60. The number of nitrogens with one attached hydrogen (secondary N) is 1. The molecule has 2 fully saturated rings. The third kappa shape index (κ3) is 4.15. The predicted molar refractivity (Wildman–Crippen MR) is 100 cm³/mol. The summed E-state index contributed by atoms with van der Waals surface area (Å²) in [5.74, 6) is 2.39. The molecule has 1 saturated carbocycles. The lowest BCUT2D eigenvalue weighted by Crippen LogP contribution is -2.42. The Balaban J connectivity index is 0.00000169. The zero-order valence-electron chi connectivity index (χ0n) is 13.9. The Morgan fingerprint density at radius 2 is 1.83 bits per heavy atom. The zero-order valence-corrected chi connectivity index (χ0v) is 14.8. The summed E-state index contributed by atoms with van der Waals surface area (Å²) >= 11 is 0. The summed E-state index contributed by atoms with van der Waals surface area (Å²) in [6.45, 7) is 4.23. The van der Waals surface area contributed by atoms with Gasteiger partial charge in [-0.15, -0.1) is 12.4 Å². The second-order valence-electron chi connectivity index (χ2n) is 6.94. The number of nitrogens with two attached hydrogens (primary N) is 1. The molecule has 0 unspecified atom stereocenters. The van der Waals surface area contributed by atoms with Gasteiger partial charge in [0, 0.05) is 24.5 Å². The Bertz CT molecular complexity index is 680. The maximum absolute atomic E-state index is 6.08. The van der Waals surface area contributed by atoms with E-state index in [4.69, 9.17) is 5.73 Å². The second kappa shape index (κ2) is 7.64. The largest absolute Gasteiger partial charge is 0.383 e. The van der Waals surface area contributed by atoms with Gasteiger partial charge in [-0.05, 0) is 50.3 Å². The number of aromatic nitrogens is 2. The van der Waals surface area contributed by atoms with E-state index in [0.29, 0.717) is 11.9 Å². The van der Waals surface area contributed by atoms with Crippen molar-refractivity contribution in [2.24, 2.45) is 5.92 Å². The Morgan fingerprint density at radius 1 is 1.08 bits per heavy atom. The van der Waals surface area contributed by atoms with Gasteiger partial charge in [0.15, 0.2) is 0 Å². The number of halogens is 1. The number of hydrogen-bond acceptors (Lipinski definition) is 5. The molecule has 24 heavy (non-hydrogen) atoms. The van der Waals surface area contributed by atoms with Crippen LogP contribution >= 0.6 is 12.4 Å². The molecule has 6 heteroatoms. The average molecular weight is 348 g/mol. The molecule has 0 bridgehead atoms. The minimum Gasteiger partial charge on any atom is -0.383 e. The smallest absolute Gasteiger partial charge is 0.145 e. The average Bonchev–Trinajstić information content (AvgIpc) is 3.39. The van der Waals surface area contributed by atoms with Crippen molar-refractivity contribution in [1.82, 2.24) is 20.2 Å². The fourth-order valence-corrected chi connectivity index (χ4v) is 3.37. The van der Waals surface area contributed by atoms with Crippen LogP contribution in [0.4, 0.5) is 5.82 Å². The van der Waals surface area contributed by atoms with Crippen molar-refractivity contribution in [3.8, 4) is 0 Å². The third-order valence-corrected chi connectivity index (χ3v) is 5.02. The van der Waals surface area contributed by atoms with Crippen molar-refractivity contribution < 1.29 is 0 Å². The number of piperidine rings is 1. The van der Waals surface area contributed by atoms with Gasteiger partial charge in [0.2, 0.25) is 0 Å². The van der Waals surface area contributed by atoms with Gasteiger partial charge in [-0.1, -0.05) is 12.1 Å². The van der Waals surface area contributed by atoms with Crippen LogP contribution in [0.5, 0.6) is 0 Å². The second-order valence-corrected chi connectivity index (χ2v) is 6.94. The van der Waals surface area contributed by atoms with E-state index < -0.39 is 0 Å². The first-order chi connectivity index (χ1) is 11.3. The molecule has 4 rings (SSSR count). The summed E-state index contributed by atoms with van der Waals surface area (Å²) in [6.07, 6.45) is 5.28. The van der Waals surface area contributed by atoms with E-state index >= 15 is 0 Å². The standard InChI is InChI=1S/C18H25N5.ClH/c19-18-15-3-1-2-4-16(15)21-17(22-18)12-23-9-7-14(8-10-23)20-11-13-5-6-13;/h1-4,13-14,20H,5-12H2,(H2,19,21,22);1H. The molecule has 5 nitrogen and oxygen atoms in total. The van der Waals surface area contributed by atoms with Gasteiger partial charge in [-0.25, -0.2) is 9.97 Å². The number of fused-ring (bicyclic) bond motifs is 1. The lowest BCUT2D eigenvalue weighted by Gasteiger charge is -2.32. The Hall–Kier alpha value is -1.43. The zero-order chi connectivity index (χ0) is 15.6. The van der Waals surface area contributed by atoms with Crippen LogP contribution in [0.2, 0.25) is 0 Å². The van der Waals surface area contributed by atoms with Gasteiger partial charge in [-0.2, -0.15) is 0 Å². The summed E-state index contributed by atoms with van der Waals surface area (Å²) in [4.78, 5) is 11.6. The third-order valence-electron chi connectivity index (χ3n) is 5.02. The molecule has 1 aliphatic heterocycles. The lowest BCUT2D eigenvalue weighted by atomic mass is 10.0. The minimum atomic E-state index is 0. The summed E-state index contributed by atoms with van der Waals surface area (Å²) in [5.41, 5.74) is 7.02. The molecule has 0 amide bonds. The molecule has 2 aromatic rings. The number of anilines is 1. The first-order valence-corrected chi connectivity index (χ1v) is 8.75. The fourth-order valence-electron chi connectivity index (χ4n) is 3.37. The van der Waals surface area contributed by atoms with Crippen molar-refractivity contribution >= 4 is 29.1 Å². The first-order valence-electron chi connectivity index (χ1n) is 8.75. The van der Waals surface area contributed by atoms with E-state index in [9.17, 15) is 0 Å². The molecule has 0 spiro atoms. The van der Waals surface area contributed by atoms with Crippen molar-refractivity contribution in [1.29, 1.82) is 0 Å². The number of para-hydroxylation sites is 1. The molecule has 0 atom stereocenters. The molecule has 1 aromatic carbocycles. The van der Waals surface area contributed by atoms with E-state index in [1.165, 1.54) is 32.2 Å². The minimum absolute atomic E-state index is 0. The molecule has 1 aliphatic carbocycles. The number of rotatable bonds is 5. The highest BCUT2D eigenvalue weighted by molar-refractivity contribution is 5.87. The number of likely N-dealkylation sites (tertiary alicyclic amines) is 1. The van der Waals surface area contributed by atoms with Gasteiger partial charge < -0.3 is 11.1 Å². The maximum Gasteiger partial charge on any atom is 0.145 e. The molecule has 2 heterocycles. The fraction of sp³-hybridized carbons (Fsp3) is 0.556. The molecule has 0 radical (unpaired) electrons. The van der Waals surface area contributed by atoms with Gasteiger partial charge in [0.25, 0.3) is 0 Å². The van der Waals surface area contributed by atoms with Gasteiger partial charge in [0.05, 0.1) is 12.1 Å². The Kier molecular flexibility index (Phi) is 5.54. The van der Waals surface area contributed by atoms with Crippen LogP contribution in [0.3, 0.4) is 0 Å². The number of hydrogen-bond donors (Lipinski definition) is 2. The number of benzene rings is 1. The monoisotopic (exact) mass is 347 g/mol. The highest BCUT2D eigenvalue weighted by Gasteiger charge is 2.24. The maximum atomic E-state index is 6.08. The van der Waals surface area contributed by atoms with Crippen LogP contribution in [0, 0.1) is 5.92 Å². The van der Waals surface area contributed by atoms with Crippen molar-refractivity contribution in [2.75, 3.05) is 25.4 Å². The molecule has 2 aliphatic rings. The van der Waals surface area contributed by atoms with Gasteiger partial charge >= 0.3 is 0 Å². The van der Waals surface area contributed by atoms with Gasteiger partial charge in [-0.3, -0.25) is 4.90 Å². The van der Waals surface area contributed by atoms with Crippen LogP contribution in [-0.4, -0.2) is 40.5 Å². The number of nitrogens with zero attached hydrogens (tertiary/aromatic N) is 3. The van der Waals surface area contributed by atoms with Crippen LogP contribution in [0.1, 0.15) is 31.5 Å². The van der Waals surface area contributed by atoms with Crippen LogP contribution in [0.15, 0.2) is 24.3 Å². The highest BCUT2D eigenvalue weighted by Crippen LogP contribution is 2.28. The first kappa shape index (κ1) is 17.4. The van der Waals surface area contributed by atoms with Gasteiger partial charge in [0.1, 0.15) is 11.6 Å². The summed E-state index contributed by atoms with van der Waals surface area (Å²) in [6, 6.07) is 8.64. The van der Waals surface area contributed by atoms with Crippen molar-refractivity contribution in [2.45, 2.75) is 38.3 Å². The summed E-state index contributed by atoms with van der Waals surface area (Å²) < 4.78 is 0. The summed E-state index contributed by atoms with van der Waals surface area (Å²) in [5, 5.41) is 4.67. The molecule has 130 valence electrons. The normalized spacial score (nSPS) is 19.3. The molecule has 1 saturated heterocycles. The van der Waals surface area contributed by atoms with E-state index in [-0.39, 0.29) is 12.4 Å². The van der Waals surface area contributed by atoms with E-state index in [0.717, 1.165) is 42.3 Å². The SMILES string of the molecule is Cl.Nc1nc(CN2CCC(NCC3CC3)CC2)nc2ccccc12. The highest BCUT2D eigenvalue weighted by atomic mass is 35.5. The van der Waals surface area contributed by atoms with Crippen LogP contribution in [-0.2, 0) is 6.54 Å². The van der Waals surface area contributed by atoms with E-state index in [1.807, 2.05) is 24.3 Å². The molecule has 1 aromatic heterocycles. The summed E-state index contributed by atoms with van der Waals surface area (Å²) in [7, 11) is 0. The molecular weight excluding hydrogens is 322 g/mol. The van der Waals surface area contributed by atoms with Crippen molar-refractivity contribution in [3.63, 3.8) is 0 Å². The lowest BCUT2D eigenvalue weighted by molar-refractivity contribution is 0.186. The number of nitrogen functional groups attached to an aromatic ring is 1. The Labute approximate surface area is 149 Å². The van der Waals surface area contributed by atoms with Crippen LogP contribution < -0.4 is 11.1 Å². The van der Waals surface area contributed by atoms with E-state index in [1.54, 1.807) is 0 Å². The van der Waals surface area contributed by atoms with Crippen LogP contribution in [0.25, 0.3) is 10.9 Å². The molecule has 3 N–H and O–H groups in total. The quantitative estimate of drug-likeness (QED) is 0.870.